The number of fused-ring (bicyclic) bond motifs is 1. The summed E-state index contributed by atoms with van der Waals surface area (Å²) in [6.07, 6.45) is 2.69. The number of ether oxygens (including phenoxy) is 1. The second-order valence-corrected chi connectivity index (χ2v) is 5.21. The Morgan fingerprint density at radius 3 is 2.91 bits per heavy atom. The number of nitrogens with one attached hydrogen (secondary N) is 2. The van der Waals surface area contributed by atoms with Crippen molar-refractivity contribution in [3.63, 3.8) is 0 Å². The first kappa shape index (κ1) is 15.1. The second-order valence-electron chi connectivity index (χ2n) is 5.21. The van der Waals surface area contributed by atoms with Crippen LogP contribution in [0.2, 0.25) is 0 Å². The smallest absolute Gasteiger partial charge is 0.257 e. The fourth-order valence-corrected chi connectivity index (χ4v) is 2.43. The van der Waals surface area contributed by atoms with Crippen LogP contribution in [0, 0.1) is 5.82 Å². The molecule has 0 bridgehead atoms. The number of aromatic nitrogens is 1. The lowest BCUT2D eigenvalue weighted by Gasteiger charge is -2.07. The maximum absolute atomic E-state index is 13.0. The third-order valence-electron chi connectivity index (χ3n) is 3.56. The molecule has 4 nitrogen and oxygen atoms in total. The molecule has 0 saturated carbocycles. The molecule has 2 aromatic carbocycles. The highest BCUT2D eigenvalue weighted by Gasteiger charge is 2.05. The maximum atomic E-state index is 13.0. The topological polar surface area (TPSA) is 54.1 Å². The number of halogens is 1. The molecule has 0 aliphatic heterocycles. The molecule has 0 fully saturated rings. The number of aromatic amines is 1. The summed E-state index contributed by atoms with van der Waals surface area (Å²) in [5.41, 5.74) is 2.25. The van der Waals surface area contributed by atoms with Crippen molar-refractivity contribution in [3.05, 3.63) is 66.1 Å². The van der Waals surface area contributed by atoms with E-state index in [4.69, 9.17) is 4.74 Å². The van der Waals surface area contributed by atoms with E-state index in [1.165, 1.54) is 12.1 Å². The minimum atomic E-state index is -0.387. The van der Waals surface area contributed by atoms with E-state index in [1.807, 2.05) is 24.4 Å². The summed E-state index contributed by atoms with van der Waals surface area (Å²) in [5.74, 6) is -0.270. The van der Waals surface area contributed by atoms with E-state index in [2.05, 4.69) is 16.4 Å². The van der Waals surface area contributed by atoms with E-state index in [0.717, 1.165) is 22.9 Å². The predicted octanol–water partition coefficient (Wildman–Crippen LogP) is 3.04. The quantitative estimate of drug-likeness (QED) is 0.735. The molecule has 1 amide bonds. The van der Waals surface area contributed by atoms with E-state index in [-0.39, 0.29) is 18.3 Å². The van der Waals surface area contributed by atoms with E-state index in [9.17, 15) is 9.18 Å². The molecule has 0 radical (unpaired) electrons. The lowest BCUT2D eigenvalue weighted by molar-refractivity contribution is -0.123. The highest BCUT2D eigenvalue weighted by Crippen LogP contribution is 2.17. The standard InChI is InChI=1S/C18H17FN2O2/c19-14-4-3-5-15(10-14)23-12-18(22)20-9-8-13-11-21-17-7-2-1-6-16(13)17/h1-7,10-11,21H,8-9,12H2,(H,20,22). The molecule has 0 aliphatic carbocycles. The van der Waals surface area contributed by atoms with Gasteiger partial charge >= 0.3 is 0 Å². The number of carbonyl (C=O) groups excluding carboxylic acids is 1. The molecule has 0 aliphatic rings. The summed E-state index contributed by atoms with van der Waals surface area (Å²) >= 11 is 0. The van der Waals surface area contributed by atoms with Crippen LogP contribution >= 0.6 is 0 Å². The molecule has 0 atom stereocenters. The van der Waals surface area contributed by atoms with Gasteiger partial charge in [-0.15, -0.1) is 0 Å². The molecule has 0 spiro atoms. The molecule has 5 heteroatoms. The van der Waals surface area contributed by atoms with Crippen LogP contribution in [0.1, 0.15) is 5.56 Å². The number of rotatable bonds is 6. The Hall–Kier alpha value is -2.82. The van der Waals surface area contributed by atoms with Crippen LogP contribution in [0.5, 0.6) is 5.75 Å². The number of benzene rings is 2. The van der Waals surface area contributed by atoms with Crippen molar-refractivity contribution >= 4 is 16.8 Å². The maximum Gasteiger partial charge on any atom is 0.257 e. The summed E-state index contributed by atoms with van der Waals surface area (Å²) in [6, 6.07) is 13.8. The summed E-state index contributed by atoms with van der Waals surface area (Å²) in [7, 11) is 0. The van der Waals surface area contributed by atoms with Crippen LogP contribution < -0.4 is 10.1 Å². The molecule has 3 aromatic rings. The van der Waals surface area contributed by atoms with Gasteiger partial charge in [0.25, 0.3) is 5.91 Å². The normalized spacial score (nSPS) is 10.7. The number of para-hydroxylation sites is 1. The van der Waals surface area contributed by atoms with E-state index in [0.29, 0.717) is 12.3 Å². The second kappa shape index (κ2) is 6.96. The Kier molecular flexibility index (Phi) is 4.57. The summed E-state index contributed by atoms with van der Waals surface area (Å²) in [5, 5.41) is 3.96. The number of carbonyl (C=O) groups is 1. The van der Waals surface area contributed by atoms with Gasteiger partial charge in [0.05, 0.1) is 0 Å². The zero-order chi connectivity index (χ0) is 16.1. The highest BCUT2D eigenvalue weighted by molar-refractivity contribution is 5.83. The van der Waals surface area contributed by atoms with Gasteiger partial charge in [-0.1, -0.05) is 24.3 Å². The minimum Gasteiger partial charge on any atom is -0.484 e. The van der Waals surface area contributed by atoms with Crippen molar-refractivity contribution in [1.82, 2.24) is 10.3 Å². The monoisotopic (exact) mass is 312 g/mol. The molecule has 2 N–H and O–H groups in total. The third kappa shape index (κ3) is 3.88. The van der Waals surface area contributed by atoms with Crippen LogP contribution in [-0.4, -0.2) is 24.0 Å². The highest BCUT2D eigenvalue weighted by atomic mass is 19.1. The van der Waals surface area contributed by atoms with Crippen molar-refractivity contribution in [2.75, 3.05) is 13.2 Å². The van der Waals surface area contributed by atoms with Crippen molar-refractivity contribution in [2.45, 2.75) is 6.42 Å². The van der Waals surface area contributed by atoms with E-state index >= 15 is 0 Å². The van der Waals surface area contributed by atoms with Crippen LogP contribution in [0.3, 0.4) is 0 Å². The van der Waals surface area contributed by atoms with Gasteiger partial charge in [-0.2, -0.15) is 0 Å². The van der Waals surface area contributed by atoms with Gasteiger partial charge in [-0.3, -0.25) is 4.79 Å². The molecular formula is C18H17FN2O2. The molecule has 0 unspecified atom stereocenters. The third-order valence-corrected chi connectivity index (χ3v) is 3.56. The number of amides is 1. The lowest BCUT2D eigenvalue weighted by Crippen LogP contribution is -2.30. The van der Waals surface area contributed by atoms with Gasteiger partial charge in [-0.05, 0) is 30.2 Å². The van der Waals surface area contributed by atoms with Gasteiger partial charge in [-0.25, -0.2) is 4.39 Å². The molecular weight excluding hydrogens is 295 g/mol. The molecule has 1 aromatic heterocycles. The van der Waals surface area contributed by atoms with Crippen molar-refractivity contribution in [1.29, 1.82) is 0 Å². The summed E-state index contributed by atoms with van der Waals surface area (Å²) in [6.45, 7) is 0.393. The molecule has 118 valence electrons. The first-order chi connectivity index (χ1) is 11.2. The molecule has 0 saturated heterocycles. The van der Waals surface area contributed by atoms with E-state index < -0.39 is 0 Å². The summed E-state index contributed by atoms with van der Waals surface area (Å²) < 4.78 is 18.2. The molecule has 1 heterocycles. The largest absolute Gasteiger partial charge is 0.484 e. The molecule has 23 heavy (non-hydrogen) atoms. The van der Waals surface area contributed by atoms with Gasteiger partial charge in [0.15, 0.2) is 6.61 Å². The number of H-pyrrole nitrogens is 1. The number of hydrogen-bond donors (Lipinski definition) is 2. The Morgan fingerprint density at radius 1 is 1.17 bits per heavy atom. The van der Waals surface area contributed by atoms with Crippen LogP contribution in [0.25, 0.3) is 10.9 Å². The average Bonchev–Trinajstić information content (AvgIpc) is 2.97. The van der Waals surface area contributed by atoms with Gasteiger partial charge in [0, 0.05) is 29.7 Å². The Balaban J connectivity index is 1.46. The fourth-order valence-electron chi connectivity index (χ4n) is 2.43. The van der Waals surface area contributed by atoms with Crippen molar-refractivity contribution < 1.29 is 13.9 Å². The summed E-state index contributed by atoms with van der Waals surface area (Å²) in [4.78, 5) is 15.0. The number of hydrogen-bond acceptors (Lipinski definition) is 2. The first-order valence-electron chi connectivity index (χ1n) is 7.42. The Bertz CT molecular complexity index is 813. The van der Waals surface area contributed by atoms with E-state index in [1.54, 1.807) is 12.1 Å². The first-order valence-corrected chi connectivity index (χ1v) is 7.42. The Morgan fingerprint density at radius 2 is 2.04 bits per heavy atom. The Labute approximate surface area is 133 Å². The van der Waals surface area contributed by atoms with Crippen LogP contribution in [0.4, 0.5) is 4.39 Å². The lowest BCUT2D eigenvalue weighted by atomic mass is 10.1. The van der Waals surface area contributed by atoms with Crippen molar-refractivity contribution in [3.8, 4) is 5.75 Å². The molecule has 3 rings (SSSR count). The average molecular weight is 312 g/mol. The van der Waals surface area contributed by atoms with Crippen LogP contribution in [-0.2, 0) is 11.2 Å². The van der Waals surface area contributed by atoms with Crippen molar-refractivity contribution in [2.24, 2.45) is 0 Å². The van der Waals surface area contributed by atoms with Crippen LogP contribution in [0.15, 0.2) is 54.7 Å². The van der Waals surface area contributed by atoms with Gasteiger partial charge in [0.2, 0.25) is 0 Å². The fraction of sp³-hybridized carbons (Fsp3) is 0.167. The SMILES string of the molecule is O=C(COc1cccc(F)c1)NCCc1c[nH]c2ccccc12. The zero-order valence-corrected chi connectivity index (χ0v) is 12.5. The minimum absolute atomic E-state index is 0.128. The van der Waals surface area contributed by atoms with Gasteiger partial charge in [0.1, 0.15) is 11.6 Å². The van der Waals surface area contributed by atoms with Gasteiger partial charge < -0.3 is 15.0 Å². The zero-order valence-electron chi connectivity index (χ0n) is 12.5. The predicted molar refractivity (Wildman–Crippen MR) is 86.9 cm³/mol.